The van der Waals surface area contributed by atoms with Gasteiger partial charge in [-0.1, -0.05) is 13.8 Å². The highest BCUT2D eigenvalue weighted by Gasteiger charge is 2.19. The summed E-state index contributed by atoms with van der Waals surface area (Å²) < 4.78 is 13.2. The van der Waals surface area contributed by atoms with E-state index in [2.05, 4.69) is 5.32 Å². The molecule has 0 heterocycles. The zero-order chi connectivity index (χ0) is 15.4. The van der Waals surface area contributed by atoms with E-state index in [1.54, 1.807) is 7.05 Å². The fourth-order valence-electron chi connectivity index (χ4n) is 1.61. The van der Waals surface area contributed by atoms with E-state index in [0.717, 1.165) is 12.1 Å². The molecular weight excluding hydrogens is 263 g/mol. The maximum atomic E-state index is 13.2. The van der Waals surface area contributed by atoms with Gasteiger partial charge < -0.3 is 15.3 Å². The van der Waals surface area contributed by atoms with E-state index >= 15 is 0 Å². The van der Waals surface area contributed by atoms with Gasteiger partial charge in [0.05, 0.1) is 5.56 Å². The molecule has 2 N–H and O–H groups in total. The molecule has 0 saturated heterocycles. The summed E-state index contributed by atoms with van der Waals surface area (Å²) in [6.45, 7) is 5.90. The van der Waals surface area contributed by atoms with Crippen LogP contribution in [0, 0.1) is 11.7 Å². The number of nitrogens with zero attached hydrogens (tertiary/aromatic N) is 1. The van der Waals surface area contributed by atoms with Gasteiger partial charge in [-0.2, -0.15) is 0 Å². The van der Waals surface area contributed by atoms with Gasteiger partial charge in [-0.05, 0) is 31.0 Å². The summed E-state index contributed by atoms with van der Waals surface area (Å²) in [5.74, 6) is -1.92. The highest BCUT2D eigenvalue weighted by Crippen LogP contribution is 2.16. The molecule has 0 aliphatic rings. The van der Waals surface area contributed by atoms with E-state index in [1.165, 1.54) is 11.0 Å². The Morgan fingerprint density at radius 1 is 1.30 bits per heavy atom. The van der Waals surface area contributed by atoms with Gasteiger partial charge in [-0.25, -0.2) is 14.0 Å². The average Bonchev–Trinajstić information content (AvgIpc) is 2.38. The van der Waals surface area contributed by atoms with Gasteiger partial charge in [0, 0.05) is 18.8 Å². The molecule has 0 fully saturated rings. The highest BCUT2D eigenvalue weighted by atomic mass is 19.1. The molecule has 0 radical (unpaired) electrons. The maximum absolute atomic E-state index is 13.2. The van der Waals surface area contributed by atoms with Gasteiger partial charge in [0.15, 0.2) is 0 Å². The molecule has 6 heteroatoms. The Morgan fingerprint density at radius 2 is 1.90 bits per heavy atom. The number of carboxylic acids is 1. The van der Waals surface area contributed by atoms with Crippen molar-refractivity contribution in [2.24, 2.45) is 5.92 Å². The van der Waals surface area contributed by atoms with Crippen molar-refractivity contribution in [3.63, 3.8) is 0 Å². The minimum absolute atomic E-state index is 0.0226. The molecular formula is C14H19FN2O3. The summed E-state index contributed by atoms with van der Waals surface area (Å²) in [7, 11) is 1.65. The number of rotatable bonds is 4. The monoisotopic (exact) mass is 282 g/mol. The first-order valence-electron chi connectivity index (χ1n) is 6.30. The number of nitrogens with one attached hydrogen (secondary N) is 1. The number of carbonyl (C=O) groups is 2. The van der Waals surface area contributed by atoms with Crippen LogP contribution in [-0.2, 0) is 0 Å². The van der Waals surface area contributed by atoms with E-state index in [9.17, 15) is 14.0 Å². The number of carbonyl (C=O) groups excluding carboxylic acids is 1. The summed E-state index contributed by atoms with van der Waals surface area (Å²) in [6, 6.07) is 3.10. The molecule has 1 atom stereocenters. The molecule has 1 aromatic carbocycles. The minimum Gasteiger partial charge on any atom is -0.478 e. The number of halogens is 1. The first-order chi connectivity index (χ1) is 9.23. The molecule has 110 valence electrons. The number of urea groups is 1. The zero-order valence-electron chi connectivity index (χ0n) is 12.0. The standard InChI is InChI=1S/C14H19FN2O3/c1-8(2)9(3)17(4)14(20)16-10-5-6-12(15)11(7-10)13(18)19/h5-9H,1-4H3,(H,16,20)(H,18,19). The average molecular weight is 282 g/mol. The summed E-state index contributed by atoms with van der Waals surface area (Å²) in [5.41, 5.74) is -0.223. The largest absolute Gasteiger partial charge is 0.478 e. The molecule has 2 amide bonds. The molecule has 1 rings (SSSR count). The van der Waals surface area contributed by atoms with Crippen LogP contribution in [0.2, 0.25) is 0 Å². The topological polar surface area (TPSA) is 69.6 Å². The van der Waals surface area contributed by atoms with Crippen molar-refractivity contribution < 1.29 is 19.1 Å². The lowest BCUT2D eigenvalue weighted by Crippen LogP contribution is -2.40. The van der Waals surface area contributed by atoms with Crippen molar-refractivity contribution >= 4 is 17.7 Å². The molecule has 1 aromatic rings. The van der Waals surface area contributed by atoms with Crippen molar-refractivity contribution in [1.82, 2.24) is 4.90 Å². The molecule has 0 bridgehead atoms. The van der Waals surface area contributed by atoms with Crippen LogP contribution in [0.3, 0.4) is 0 Å². The van der Waals surface area contributed by atoms with Crippen LogP contribution < -0.4 is 5.32 Å². The van der Waals surface area contributed by atoms with Gasteiger partial charge in [-0.3, -0.25) is 0 Å². The SMILES string of the molecule is CC(C)C(C)N(C)C(=O)Nc1ccc(F)c(C(=O)O)c1. The second kappa shape index (κ2) is 6.36. The summed E-state index contributed by atoms with van der Waals surface area (Å²) in [4.78, 5) is 24.3. The molecule has 1 unspecified atom stereocenters. The van der Waals surface area contributed by atoms with E-state index in [0.29, 0.717) is 0 Å². The van der Waals surface area contributed by atoms with Crippen molar-refractivity contribution in [3.05, 3.63) is 29.6 Å². The van der Waals surface area contributed by atoms with Crippen molar-refractivity contribution in [2.75, 3.05) is 12.4 Å². The Morgan fingerprint density at radius 3 is 2.40 bits per heavy atom. The third-order valence-corrected chi connectivity index (χ3v) is 3.34. The number of aromatic carboxylic acids is 1. The minimum atomic E-state index is -1.37. The predicted molar refractivity (Wildman–Crippen MR) is 74.4 cm³/mol. The lowest BCUT2D eigenvalue weighted by molar-refractivity contribution is 0.0692. The maximum Gasteiger partial charge on any atom is 0.338 e. The third kappa shape index (κ3) is 3.69. The Balaban J connectivity index is 2.86. The van der Waals surface area contributed by atoms with Gasteiger partial charge in [-0.15, -0.1) is 0 Å². The lowest BCUT2D eigenvalue weighted by atomic mass is 10.1. The predicted octanol–water partition coefficient (Wildman–Crippen LogP) is 3.03. The molecule has 5 nitrogen and oxygen atoms in total. The van der Waals surface area contributed by atoms with E-state index in [4.69, 9.17) is 5.11 Å². The van der Waals surface area contributed by atoms with E-state index in [-0.39, 0.29) is 23.7 Å². The van der Waals surface area contributed by atoms with Crippen LogP contribution in [0.1, 0.15) is 31.1 Å². The van der Waals surface area contributed by atoms with Crippen LogP contribution in [-0.4, -0.2) is 35.1 Å². The number of benzene rings is 1. The Hall–Kier alpha value is -2.11. The Kier molecular flexibility index (Phi) is 5.07. The number of anilines is 1. The number of amides is 2. The Labute approximate surface area is 117 Å². The number of hydrogen-bond acceptors (Lipinski definition) is 2. The Bertz CT molecular complexity index is 517. The molecule has 0 aliphatic carbocycles. The fourth-order valence-corrected chi connectivity index (χ4v) is 1.61. The van der Waals surface area contributed by atoms with Gasteiger partial charge in [0.2, 0.25) is 0 Å². The molecule has 0 spiro atoms. The number of carboxylic acid groups (broad SMARTS) is 1. The normalized spacial score (nSPS) is 12.1. The van der Waals surface area contributed by atoms with E-state index in [1.807, 2.05) is 20.8 Å². The summed E-state index contributed by atoms with van der Waals surface area (Å²) in [6.07, 6.45) is 0. The second-order valence-electron chi connectivity index (χ2n) is 5.03. The molecule has 0 saturated carbocycles. The van der Waals surface area contributed by atoms with Crippen LogP contribution in [0.5, 0.6) is 0 Å². The first kappa shape index (κ1) is 15.9. The third-order valence-electron chi connectivity index (χ3n) is 3.34. The van der Waals surface area contributed by atoms with Crippen molar-refractivity contribution in [1.29, 1.82) is 0 Å². The van der Waals surface area contributed by atoms with Crippen LogP contribution >= 0.6 is 0 Å². The van der Waals surface area contributed by atoms with Gasteiger partial charge >= 0.3 is 12.0 Å². The number of hydrogen-bond donors (Lipinski definition) is 2. The van der Waals surface area contributed by atoms with Crippen molar-refractivity contribution in [2.45, 2.75) is 26.8 Å². The molecule has 0 aromatic heterocycles. The lowest BCUT2D eigenvalue weighted by Gasteiger charge is -2.28. The fraction of sp³-hybridized carbons (Fsp3) is 0.429. The molecule has 0 aliphatic heterocycles. The van der Waals surface area contributed by atoms with Gasteiger partial charge in [0.1, 0.15) is 5.82 Å². The highest BCUT2D eigenvalue weighted by molar-refractivity contribution is 5.93. The zero-order valence-corrected chi connectivity index (χ0v) is 12.0. The van der Waals surface area contributed by atoms with Crippen molar-refractivity contribution in [3.8, 4) is 0 Å². The van der Waals surface area contributed by atoms with Crippen LogP contribution in [0.15, 0.2) is 18.2 Å². The molecule has 20 heavy (non-hydrogen) atoms. The quantitative estimate of drug-likeness (QED) is 0.891. The first-order valence-corrected chi connectivity index (χ1v) is 6.30. The summed E-state index contributed by atoms with van der Waals surface area (Å²) in [5, 5.41) is 11.4. The second-order valence-corrected chi connectivity index (χ2v) is 5.03. The van der Waals surface area contributed by atoms with E-state index < -0.39 is 17.3 Å². The van der Waals surface area contributed by atoms with Gasteiger partial charge in [0.25, 0.3) is 0 Å². The van der Waals surface area contributed by atoms with Crippen LogP contribution in [0.4, 0.5) is 14.9 Å². The summed E-state index contributed by atoms with van der Waals surface area (Å²) >= 11 is 0. The van der Waals surface area contributed by atoms with Crippen LogP contribution in [0.25, 0.3) is 0 Å². The smallest absolute Gasteiger partial charge is 0.338 e.